The van der Waals surface area contributed by atoms with Crippen LogP contribution in [0, 0.1) is 0 Å². The summed E-state index contributed by atoms with van der Waals surface area (Å²) in [5.74, 6) is -0.353. The number of hydrogen-bond acceptors (Lipinski definition) is 4. The highest BCUT2D eigenvalue weighted by Gasteiger charge is 2.45. The zero-order valence-electron chi connectivity index (χ0n) is 16.4. The Kier molecular flexibility index (Phi) is 6.08. The van der Waals surface area contributed by atoms with Gasteiger partial charge in [-0.1, -0.05) is 35.3 Å². The van der Waals surface area contributed by atoms with Crippen LogP contribution in [0.1, 0.15) is 41.7 Å². The molecule has 1 saturated carbocycles. The largest absolute Gasteiger partial charge is 0.351 e. The predicted molar refractivity (Wildman–Crippen MR) is 117 cm³/mol. The number of halogens is 2. The molecule has 0 bridgehead atoms. The summed E-state index contributed by atoms with van der Waals surface area (Å²) < 4.78 is 26.9. The second-order valence-electron chi connectivity index (χ2n) is 7.92. The van der Waals surface area contributed by atoms with Crippen molar-refractivity contribution in [2.45, 2.75) is 36.3 Å². The van der Waals surface area contributed by atoms with Crippen molar-refractivity contribution < 1.29 is 13.2 Å². The third-order valence-corrected chi connectivity index (χ3v) is 9.00. The first-order chi connectivity index (χ1) is 14.3. The smallest absolute Gasteiger partial charge is 0.254 e. The fourth-order valence-corrected chi connectivity index (χ4v) is 6.41. The van der Waals surface area contributed by atoms with Crippen molar-refractivity contribution in [1.29, 1.82) is 0 Å². The van der Waals surface area contributed by atoms with Crippen LogP contribution in [-0.4, -0.2) is 48.5 Å². The van der Waals surface area contributed by atoms with Gasteiger partial charge < -0.3 is 5.32 Å². The number of nitrogens with zero attached hydrogens (tertiary/aromatic N) is 2. The summed E-state index contributed by atoms with van der Waals surface area (Å²) in [6.45, 7) is 1.15. The molecule has 6 nitrogen and oxygen atoms in total. The molecule has 9 heteroatoms. The summed E-state index contributed by atoms with van der Waals surface area (Å²) in [5.41, 5.74) is 0.630. The first-order valence-corrected chi connectivity index (χ1v) is 12.2. The third kappa shape index (κ3) is 4.21. The maximum Gasteiger partial charge on any atom is 0.254 e. The zero-order chi connectivity index (χ0) is 21.4. The number of benzene rings is 1. The molecule has 2 heterocycles. The van der Waals surface area contributed by atoms with Crippen LogP contribution in [0.5, 0.6) is 0 Å². The van der Waals surface area contributed by atoms with Crippen molar-refractivity contribution in [3.63, 3.8) is 0 Å². The van der Waals surface area contributed by atoms with E-state index in [4.69, 9.17) is 23.2 Å². The number of rotatable bonds is 6. The van der Waals surface area contributed by atoms with Gasteiger partial charge in [0.1, 0.15) is 0 Å². The van der Waals surface area contributed by atoms with Gasteiger partial charge in [-0.3, -0.25) is 9.78 Å². The molecule has 1 aromatic carbocycles. The summed E-state index contributed by atoms with van der Waals surface area (Å²) in [7, 11) is -3.22. The van der Waals surface area contributed by atoms with Crippen LogP contribution >= 0.6 is 23.2 Å². The first-order valence-electron chi connectivity index (χ1n) is 9.96. The highest BCUT2D eigenvalue weighted by Crippen LogP contribution is 2.38. The van der Waals surface area contributed by atoms with Crippen molar-refractivity contribution >= 4 is 39.1 Å². The van der Waals surface area contributed by atoms with Crippen LogP contribution in [0.15, 0.2) is 42.6 Å². The van der Waals surface area contributed by atoms with Crippen LogP contribution in [0.3, 0.4) is 0 Å². The minimum atomic E-state index is -3.22. The van der Waals surface area contributed by atoms with E-state index in [1.54, 1.807) is 28.7 Å². The Bertz CT molecular complexity index is 1010. The van der Waals surface area contributed by atoms with E-state index in [2.05, 4.69) is 10.3 Å². The summed E-state index contributed by atoms with van der Waals surface area (Å²) in [4.78, 5) is 17.3. The number of piperidine rings is 1. The summed E-state index contributed by atoms with van der Waals surface area (Å²) in [6, 6.07) is 10.6. The van der Waals surface area contributed by atoms with Crippen molar-refractivity contribution in [2.24, 2.45) is 0 Å². The molecule has 4 rings (SSSR count). The molecule has 160 valence electrons. The molecule has 0 spiro atoms. The van der Waals surface area contributed by atoms with E-state index < -0.39 is 15.4 Å². The molecule has 0 radical (unpaired) electrons. The van der Waals surface area contributed by atoms with Gasteiger partial charge in [0.2, 0.25) is 10.0 Å². The Morgan fingerprint density at radius 2 is 1.77 bits per heavy atom. The third-order valence-electron chi connectivity index (χ3n) is 5.97. The average molecular weight is 468 g/mol. The zero-order valence-corrected chi connectivity index (χ0v) is 18.7. The number of carbonyl (C=O) groups is 1. The molecule has 1 aliphatic carbocycles. The number of nitrogens with one attached hydrogen (secondary N) is 1. The van der Waals surface area contributed by atoms with Crippen molar-refractivity contribution in [2.75, 3.05) is 19.6 Å². The number of amides is 1. The van der Waals surface area contributed by atoms with E-state index in [9.17, 15) is 13.2 Å². The quantitative estimate of drug-likeness (QED) is 0.702. The number of pyridine rings is 1. The maximum absolute atomic E-state index is 12.8. The number of carbonyl (C=O) groups excluding carboxylic acids is 1. The van der Waals surface area contributed by atoms with Crippen LogP contribution < -0.4 is 5.32 Å². The number of aromatic nitrogens is 1. The lowest BCUT2D eigenvalue weighted by atomic mass is 9.75. The molecule has 0 atom stereocenters. The Morgan fingerprint density at radius 1 is 1.10 bits per heavy atom. The lowest BCUT2D eigenvalue weighted by molar-refractivity contribution is 0.0932. The van der Waals surface area contributed by atoms with Crippen molar-refractivity contribution in [3.8, 4) is 0 Å². The van der Waals surface area contributed by atoms with E-state index in [0.29, 0.717) is 32.5 Å². The molecule has 1 saturated heterocycles. The monoisotopic (exact) mass is 467 g/mol. The van der Waals surface area contributed by atoms with Gasteiger partial charge in [0, 0.05) is 36.9 Å². The molecule has 1 N–H and O–H groups in total. The van der Waals surface area contributed by atoms with E-state index in [1.807, 2.05) is 18.2 Å². The second-order valence-corrected chi connectivity index (χ2v) is 10.9. The number of hydrogen-bond donors (Lipinski definition) is 1. The van der Waals surface area contributed by atoms with Gasteiger partial charge in [0.15, 0.2) is 0 Å². The van der Waals surface area contributed by atoms with E-state index in [1.165, 1.54) is 0 Å². The van der Waals surface area contributed by atoms with Gasteiger partial charge in [0.25, 0.3) is 5.91 Å². The average Bonchev–Trinajstić information content (AvgIpc) is 3.59. The molecule has 2 aliphatic rings. The molecule has 1 aromatic heterocycles. The maximum atomic E-state index is 12.8. The van der Waals surface area contributed by atoms with Crippen LogP contribution in [-0.2, 0) is 15.4 Å². The van der Waals surface area contributed by atoms with Gasteiger partial charge in [-0.25, -0.2) is 12.7 Å². The SMILES string of the molecule is O=C(NCC1(c2ccccn2)CCN(S(=O)(=O)C2CC2)CC1)c1c(Cl)cccc1Cl. The molecule has 2 aromatic rings. The van der Waals surface area contributed by atoms with E-state index in [0.717, 1.165) is 18.5 Å². The summed E-state index contributed by atoms with van der Waals surface area (Å²) in [6.07, 6.45) is 4.37. The standard InChI is InChI=1S/C21H23Cl2N3O3S/c22-16-4-3-5-17(23)19(16)20(27)25-14-21(18-6-1-2-11-24-18)9-12-26(13-10-21)30(28,29)15-7-8-15/h1-6,11,15H,7-10,12-14H2,(H,25,27). The highest BCUT2D eigenvalue weighted by atomic mass is 35.5. The van der Waals surface area contributed by atoms with E-state index >= 15 is 0 Å². The topological polar surface area (TPSA) is 79.4 Å². The fourth-order valence-electron chi connectivity index (χ4n) is 4.00. The minimum Gasteiger partial charge on any atom is -0.351 e. The minimum absolute atomic E-state index is 0.220. The van der Waals surface area contributed by atoms with Gasteiger partial charge in [-0.15, -0.1) is 0 Å². The van der Waals surface area contributed by atoms with Gasteiger partial charge in [-0.2, -0.15) is 0 Å². The van der Waals surface area contributed by atoms with Crippen LogP contribution in [0.4, 0.5) is 0 Å². The lowest BCUT2D eigenvalue weighted by Crippen LogP contribution is -2.51. The van der Waals surface area contributed by atoms with Crippen LogP contribution in [0.25, 0.3) is 0 Å². The summed E-state index contributed by atoms with van der Waals surface area (Å²) in [5, 5.41) is 3.32. The molecule has 0 unspecified atom stereocenters. The van der Waals surface area contributed by atoms with Gasteiger partial charge in [-0.05, 0) is 49.9 Å². The Balaban J connectivity index is 1.54. The highest BCUT2D eigenvalue weighted by molar-refractivity contribution is 7.90. The Labute approximate surface area is 186 Å². The van der Waals surface area contributed by atoms with Crippen LogP contribution in [0.2, 0.25) is 10.0 Å². The van der Waals surface area contributed by atoms with Crippen molar-refractivity contribution in [1.82, 2.24) is 14.6 Å². The first kappa shape index (κ1) is 21.6. The molecule has 1 aliphatic heterocycles. The Hall–Kier alpha value is -1.67. The molecular weight excluding hydrogens is 445 g/mol. The van der Waals surface area contributed by atoms with Crippen molar-refractivity contribution in [3.05, 3.63) is 63.9 Å². The molecule has 2 fully saturated rings. The van der Waals surface area contributed by atoms with Gasteiger partial charge in [0.05, 0.1) is 20.9 Å². The summed E-state index contributed by atoms with van der Waals surface area (Å²) >= 11 is 12.3. The normalized spacial score (nSPS) is 19.4. The van der Waals surface area contributed by atoms with E-state index in [-0.39, 0.29) is 26.8 Å². The second kappa shape index (κ2) is 8.46. The molecule has 30 heavy (non-hydrogen) atoms. The lowest BCUT2D eigenvalue weighted by Gasteiger charge is -2.41. The number of sulfonamides is 1. The van der Waals surface area contributed by atoms with Gasteiger partial charge >= 0.3 is 0 Å². The predicted octanol–water partition coefficient (Wildman–Crippen LogP) is 3.64. The Morgan fingerprint density at radius 3 is 2.33 bits per heavy atom. The fraction of sp³-hybridized carbons (Fsp3) is 0.429. The molecular formula is C21H23Cl2N3O3S. The molecule has 1 amide bonds.